The van der Waals surface area contributed by atoms with Gasteiger partial charge in [0.15, 0.2) is 5.96 Å². The Morgan fingerprint density at radius 1 is 1.48 bits per heavy atom. The minimum atomic E-state index is -0.229. The first-order valence-corrected chi connectivity index (χ1v) is 7.67. The first-order chi connectivity index (χ1) is 9.71. The van der Waals surface area contributed by atoms with Gasteiger partial charge >= 0.3 is 0 Å². The lowest BCUT2D eigenvalue weighted by Gasteiger charge is -2.25. The summed E-state index contributed by atoms with van der Waals surface area (Å²) in [6, 6.07) is 0. The van der Waals surface area contributed by atoms with E-state index in [4.69, 9.17) is 0 Å². The molecule has 0 aliphatic heterocycles. The highest BCUT2D eigenvalue weighted by molar-refractivity contribution is 7.11. The molecule has 0 aromatic carbocycles. The van der Waals surface area contributed by atoms with Crippen molar-refractivity contribution in [1.29, 1.82) is 0 Å². The van der Waals surface area contributed by atoms with E-state index < -0.39 is 0 Å². The van der Waals surface area contributed by atoms with Gasteiger partial charge in [-0.05, 0) is 27.7 Å². The molecule has 0 spiro atoms. The largest absolute Gasteiger partial charge is 0.350 e. The molecule has 0 radical (unpaired) electrons. The van der Waals surface area contributed by atoms with E-state index in [1.54, 1.807) is 23.3 Å². The first kappa shape index (κ1) is 17.4. The van der Waals surface area contributed by atoms with Crippen molar-refractivity contribution in [2.75, 3.05) is 20.6 Å². The van der Waals surface area contributed by atoms with E-state index in [2.05, 4.69) is 20.6 Å². The van der Waals surface area contributed by atoms with Gasteiger partial charge in [0.25, 0.3) is 0 Å². The van der Waals surface area contributed by atoms with Gasteiger partial charge in [-0.2, -0.15) is 0 Å². The Balaban J connectivity index is 2.50. The summed E-state index contributed by atoms with van der Waals surface area (Å²) in [5, 5.41) is 7.14. The minimum Gasteiger partial charge on any atom is -0.350 e. The number of likely N-dealkylation sites (N-methyl/N-ethyl adjacent to an activating group) is 1. The van der Waals surface area contributed by atoms with Crippen molar-refractivity contribution in [3.05, 3.63) is 16.1 Å². The smallest absolute Gasteiger partial charge is 0.240 e. The number of aryl methyl sites for hydroxylation is 1. The molecule has 1 rings (SSSR count). The summed E-state index contributed by atoms with van der Waals surface area (Å²) in [6.45, 7) is 8.78. The number of thiazole rings is 1. The van der Waals surface area contributed by atoms with Crippen molar-refractivity contribution >= 4 is 23.2 Å². The fraction of sp³-hybridized carbons (Fsp3) is 0.643. The van der Waals surface area contributed by atoms with Gasteiger partial charge in [0, 0.05) is 30.7 Å². The Labute approximate surface area is 130 Å². The Morgan fingerprint density at radius 2 is 2.14 bits per heavy atom. The van der Waals surface area contributed by atoms with Gasteiger partial charge < -0.3 is 15.5 Å². The highest BCUT2D eigenvalue weighted by Gasteiger charge is 2.16. The number of hydrogen-bond acceptors (Lipinski definition) is 4. The fourth-order valence-corrected chi connectivity index (χ4v) is 2.50. The second-order valence-electron chi connectivity index (χ2n) is 5.92. The summed E-state index contributed by atoms with van der Waals surface area (Å²) in [5.74, 6) is 0.643. The third-order valence-corrected chi connectivity index (χ3v) is 3.45. The van der Waals surface area contributed by atoms with Crippen LogP contribution in [0.1, 0.15) is 30.7 Å². The van der Waals surface area contributed by atoms with Crippen LogP contribution in [0.5, 0.6) is 0 Å². The lowest BCUT2D eigenvalue weighted by molar-refractivity contribution is -0.122. The fourth-order valence-electron chi connectivity index (χ4n) is 1.77. The van der Waals surface area contributed by atoms with Gasteiger partial charge in [-0.25, -0.2) is 4.98 Å². The number of hydrogen-bond donors (Lipinski definition) is 2. The maximum Gasteiger partial charge on any atom is 0.240 e. The van der Waals surface area contributed by atoms with Crippen LogP contribution < -0.4 is 10.6 Å². The van der Waals surface area contributed by atoms with Gasteiger partial charge in [-0.3, -0.25) is 9.79 Å². The van der Waals surface area contributed by atoms with E-state index in [0.29, 0.717) is 12.5 Å². The van der Waals surface area contributed by atoms with Crippen molar-refractivity contribution in [2.45, 2.75) is 39.8 Å². The van der Waals surface area contributed by atoms with Crippen LogP contribution in [0.15, 0.2) is 11.2 Å². The van der Waals surface area contributed by atoms with E-state index in [0.717, 1.165) is 5.01 Å². The van der Waals surface area contributed by atoms with Crippen molar-refractivity contribution in [3.8, 4) is 0 Å². The van der Waals surface area contributed by atoms with E-state index in [-0.39, 0.29) is 18.0 Å². The van der Waals surface area contributed by atoms with Crippen molar-refractivity contribution in [2.24, 2.45) is 4.99 Å². The predicted octanol–water partition coefficient (Wildman–Crippen LogP) is 1.37. The van der Waals surface area contributed by atoms with Gasteiger partial charge in [-0.1, -0.05) is 0 Å². The van der Waals surface area contributed by atoms with Crippen molar-refractivity contribution in [1.82, 2.24) is 20.5 Å². The van der Waals surface area contributed by atoms with Crippen LogP contribution in [0.2, 0.25) is 0 Å². The number of carbonyl (C=O) groups is 1. The van der Waals surface area contributed by atoms with Crippen LogP contribution in [0, 0.1) is 6.92 Å². The third-order valence-electron chi connectivity index (χ3n) is 2.54. The molecule has 0 saturated carbocycles. The molecule has 0 atom stereocenters. The van der Waals surface area contributed by atoms with E-state index in [9.17, 15) is 4.79 Å². The molecule has 1 amide bonds. The SMILES string of the molecule is CN=C(NCc1ncc(C)s1)N(C)CC(=O)NC(C)(C)C. The zero-order valence-electron chi connectivity index (χ0n) is 13.6. The molecule has 1 aromatic heterocycles. The molecule has 118 valence electrons. The van der Waals surface area contributed by atoms with E-state index >= 15 is 0 Å². The van der Waals surface area contributed by atoms with Gasteiger partial charge in [0.1, 0.15) is 5.01 Å². The molecule has 0 aliphatic carbocycles. The van der Waals surface area contributed by atoms with Crippen molar-refractivity contribution in [3.63, 3.8) is 0 Å². The van der Waals surface area contributed by atoms with Crippen molar-refractivity contribution < 1.29 is 4.79 Å². The van der Waals surface area contributed by atoms with E-state index in [1.807, 2.05) is 40.9 Å². The number of carbonyl (C=O) groups excluding carboxylic acids is 1. The minimum absolute atomic E-state index is 0.0296. The van der Waals surface area contributed by atoms with Crippen LogP contribution in [0.4, 0.5) is 0 Å². The number of nitrogens with zero attached hydrogens (tertiary/aromatic N) is 3. The predicted molar refractivity (Wildman–Crippen MR) is 87.6 cm³/mol. The Hall–Kier alpha value is -1.63. The molecule has 2 N–H and O–H groups in total. The Morgan fingerprint density at radius 3 is 2.62 bits per heavy atom. The number of aromatic nitrogens is 1. The molecule has 7 heteroatoms. The standard InChI is InChI=1S/C14H25N5OS/c1-10-7-16-12(21-10)8-17-13(15-5)19(6)9-11(20)18-14(2,3)4/h7H,8-9H2,1-6H3,(H,15,17)(H,18,20). The Bertz CT molecular complexity index is 504. The number of guanidine groups is 1. The molecular weight excluding hydrogens is 286 g/mol. The summed E-state index contributed by atoms with van der Waals surface area (Å²) >= 11 is 1.65. The summed E-state index contributed by atoms with van der Waals surface area (Å²) in [5.41, 5.74) is -0.229. The Kier molecular flexibility index (Phi) is 6.14. The zero-order chi connectivity index (χ0) is 16.0. The van der Waals surface area contributed by atoms with Crippen LogP contribution in [0.3, 0.4) is 0 Å². The molecule has 0 aliphatic rings. The molecule has 6 nitrogen and oxygen atoms in total. The zero-order valence-corrected chi connectivity index (χ0v) is 14.5. The van der Waals surface area contributed by atoms with Gasteiger partial charge in [-0.15, -0.1) is 11.3 Å². The number of rotatable bonds is 4. The summed E-state index contributed by atoms with van der Waals surface area (Å²) in [4.78, 5) is 23.4. The maximum atomic E-state index is 11.9. The summed E-state index contributed by atoms with van der Waals surface area (Å²) in [7, 11) is 3.54. The average molecular weight is 311 g/mol. The molecule has 0 bridgehead atoms. The second kappa shape index (κ2) is 7.40. The van der Waals surface area contributed by atoms with Crippen LogP contribution in [-0.2, 0) is 11.3 Å². The summed E-state index contributed by atoms with van der Waals surface area (Å²) in [6.07, 6.45) is 1.85. The van der Waals surface area contributed by atoms with Crippen LogP contribution in [0.25, 0.3) is 0 Å². The van der Waals surface area contributed by atoms with Crippen LogP contribution >= 0.6 is 11.3 Å². The maximum absolute atomic E-state index is 11.9. The van der Waals surface area contributed by atoms with Crippen LogP contribution in [-0.4, -0.2) is 47.9 Å². The normalized spacial score (nSPS) is 12.2. The summed E-state index contributed by atoms with van der Waals surface area (Å²) < 4.78 is 0. The number of amides is 1. The molecule has 1 heterocycles. The quantitative estimate of drug-likeness (QED) is 0.651. The van der Waals surface area contributed by atoms with E-state index in [1.165, 1.54) is 4.88 Å². The molecule has 0 saturated heterocycles. The monoisotopic (exact) mass is 311 g/mol. The highest BCUT2D eigenvalue weighted by atomic mass is 32.1. The highest BCUT2D eigenvalue weighted by Crippen LogP contribution is 2.10. The topological polar surface area (TPSA) is 69.6 Å². The molecule has 0 fully saturated rings. The average Bonchev–Trinajstić information content (AvgIpc) is 2.73. The molecule has 0 unspecified atom stereocenters. The lowest BCUT2D eigenvalue weighted by atomic mass is 10.1. The first-order valence-electron chi connectivity index (χ1n) is 6.85. The lowest BCUT2D eigenvalue weighted by Crippen LogP contribution is -2.48. The molecule has 1 aromatic rings. The second-order valence-corrected chi connectivity index (χ2v) is 7.24. The third kappa shape index (κ3) is 6.57. The number of aliphatic imine (C=N–C) groups is 1. The number of nitrogens with one attached hydrogen (secondary N) is 2. The van der Waals surface area contributed by atoms with Gasteiger partial charge in [0.2, 0.25) is 5.91 Å². The molecular formula is C14H25N5OS. The van der Waals surface area contributed by atoms with Gasteiger partial charge in [0.05, 0.1) is 13.1 Å². The molecule has 21 heavy (non-hydrogen) atoms.